The molecule has 0 aliphatic carbocycles. The molecule has 0 spiro atoms. The first kappa shape index (κ1) is 28.8. The number of thiazole rings is 1. The fourth-order valence-corrected chi connectivity index (χ4v) is 5.86. The van der Waals surface area contributed by atoms with Crippen molar-refractivity contribution in [2.75, 3.05) is 20.8 Å². The molecule has 2 aromatic carbocycles. The van der Waals surface area contributed by atoms with Crippen molar-refractivity contribution in [1.29, 1.82) is 0 Å². The second-order valence-electron chi connectivity index (χ2n) is 9.03. The largest absolute Gasteiger partial charge is 0.497 e. The van der Waals surface area contributed by atoms with Gasteiger partial charge in [-0.25, -0.2) is 9.79 Å². The van der Waals surface area contributed by atoms with Crippen LogP contribution in [-0.4, -0.2) is 36.3 Å². The summed E-state index contributed by atoms with van der Waals surface area (Å²) in [5, 5.41) is 11.6. The molecule has 0 fully saturated rings. The van der Waals surface area contributed by atoms with Crippen LogP contribution in [0.5, 0.6) is 11.5 Å². The number of carbonyl (C=O) groups is 1. The molecule has 3 heterocycles. The number of carbonyl (C=O) groups excluding carboxylic acids is 1. The number of methoxy groups -OCH3 is 2. The van der Waals surface area contributed by atoms with E-state index in [1.54, 1.807) is 50.3 Å². The molecule has 42 heavy (non-hydrogen) atoms. The Kier molecular flexibility index (Phi) is 8.01. The third kappa shape index (κ3) is 5.21. The molecule has 11 nitrogen and oxygen atoms in total. The number of hydrogen-bond acceptors (Lipinski definition) is 10. The first-order valence-electron chi connectivity index (χ1n) is 12.6. The fraction of sp³-hybridized carbons (Fsp3) is 0.207. The number of fused-ring (bicyclic) bond motifs is 1. The minimum atomic E-state index is -1.03. The zero-order chi connectivity index (χ0) is 30.1. The predicted molar refractivity (Wildman–Crippen MR) is 156 cm³/mol. The Morgan fingerprint density at radius 3 is 2.67 bits per heavy atom. The van der Waals surface area contributed by atoms with Crippen molar-refractivity contribution >= 4 is 40.7 Å². The van der Waals surface area contributed by atoms with Gasteiger partial charge in [0.25, 0.3) is 11.2 Å². The monoisotopic (exact) mass is 609 g/mol. The highest BCUT2D eigenvalue weighted by Gasteiger charge is 2.35. The van der Waals surface area contributed by atoms with E-state index in [4.69, 9.17) is 30.2 Å². The van der Waals surface area contributed by atoms with Crippen molar-refractivity contribution in [2.45, 2.75) is 19.9 Å². The molecular formula is C29H24ClN3O8S. The molecule has 0 N–H and O–H groups in total. The highest BCUT2D eigenvalue weighted by molar-refractivity contribution is 7.07. The normalized spacial score (nSPS) is 14.8. The Hall–Kier alpha value is -4.68. The highest BCUT2D eigenvalue weighted by atomic mass is 35.5. The third-order valence-corrected chi connectivity index (χ3v) is 7.88. The van der Waals surface area contributed by atoms with Gasteiger partial charge in [0.2, 0.25) is 0 Å². The third-order valence-electron chi connectivity index (χ3n) is 6.56. The van der Waals surface area contributed by atoms with Gasteiger partial charge in [0, 0.05) is 23.3 Å². The number of aromatic nitrogens is 1. The van der Waals surface area contributed by atoms with Crippen molar-refractivity contribution in [3.05, 3.63) is 106 Å². The number of hydrogen-bond donors (Lipinski definition) is 0. The van der Waals surface area contributed by atoms with Crippen LogP contribution in [-0.2, 0) is 9.53 Å². The highest BCUT2D eigenvalue weighted by Crippen LogP contribution is 2.37. The van der Waals surface area contributed by atoms with Gasteiger partial charge in [-0.15, -0.1) is 0 Å². The van der Waals surface area contributed by atoms with E-state index in [1.807, 2.05) is 0 Å². The molecular weight excluding hydrogens is 586 g/mol. The molecule has 0 amide bonds. The molecule has 216 valence electrons. The Bertz CT molecular complexity index is 1940. The number of furan rings is 1. The molecule has 1 atom stereocenters. The standard InChI is InChI=1S/C29H24ClN3O8S/c1-5-40-28(35)25-15(2)31-29-32(27(34)24(42-29)13-16-12-18(38-3)7-9-21(16)39-4)26(25)23-11-10-22(41-23)19-14-17(33(36)37)6-8-20(19)30/h6-14,26H,5H2,1-4H3/b24-13-/t26-/m1/s1. The number of benzene rings is 2. The van der Waals surface area contributed by atoms with Gasteiger partial charge in [-0.05, 0) is 56.3 Å². The lowest BCUT2D eigenvalue weighted by Crippen LogP contribution is -2.39. The summed E-state index contributed by atoms with van der Waals surface area (Å²) in [5.41, 5.74) is 0.788. The van der Waals surface area contributed by atoms with Crippen molar-refractivity contribution in [3.8, 4) is 22.8 Å². The van der Waals surface area contributed by atoms with Crippen LogP contribution >= 0.6 is 22.9 Å². The number of ether oxygens (including phenoxy) is 3. The van der Waals surface area contributed by atoms with Crippen molar-refractivity contribution in [1.82, 2.24) is 4.57 Å². The minimum absolute atomic E-state index is 0.106. The Morgan fingerprint density at radius 1 is 1.19 bits per heavy atom. The molecule has 0 unspecified atom stereocenters. The number of esters is 1. The molecule has 1 aliphatic heterocycles. The molecule has 1 aliphatic rings. The molecule has 2 aromatic heterocycles. The van der Waals surface area contributed by atoms with Crippen LogP contribution in [0.3, 0.4) is 0 Å². The van der Waals surface area contributed by atoms with Crippen molar-refractivity contribution < 1.29 is 28.3 Å². The van der Waals surface area contributed by atoms with E-state index in [-0.39, 0.29) is 40.0 Å². The Balaban J connectivity index is 1.71. The van der Waals surface area contributed by atoms with E-state index in [2.05, 4.69) is 4.99 Å². The van der Waals surface area contributed by atoms with E-state index in [0.29, 0.717) is 32.1 Å². The van der Waals surface area contributed by atoms with Crippen LogP contribution in [0.1, 0.15) is 31.2 Å². The summed E-state index contributed by atoms with van der Waals surface area (Å²) in [4.78, 5) is 42.8. The first-order chi connectivity index (χ1) is 20.2. The van der Waals surface area contributed by atoms with Gasteiger partial charge in [0.15, 0.2) is 4.80 Å². The lowest BCUT2D eigenvalue weighted by Gasteiger charge is -2.22. The number of halogens is 1. The first-order valence-corrected chi connectivity index (χ1v) is 13.8. The summed E-state index contributed by atoms with van der Waals surface area (Å²) in [6.07, 6.45) is 1.67. The maximum absolute atomic E-state index is 13.9. The number of nitrogens with zero attached hydrogens (tertiary/aromatic N) is 3. The van der Waals surface area contributed by atoms with E-state index in [0.717, 1.165) is 11.3 Å². The minimum Gasteiger partial charge on any atom is -0.497 e. The second-order valence-corrected chi connectivity index (χ2v) is 10.4. The molecule has 0 saturated heterocycles. The van der Waals surface area contributed by atoms with E-state index < -0.39 is 22.5 Å². The van der Waals surface area contributed by atoms with Gasteiger partial charge in [-0.1, -0.05) is 22.9 Å². The van der Waals surface area contributed by atoms with Gasteiger partial charge in [-0.3, -0.25) is 19.5 Å². The summed E-state index contributed by atoms with van der Waals surface area (Å²) in [6.45, 7) is 3.44. The molecule has 0 radical (unpaired) electrons. The zero-order valence-corrected chi connectivity index (χ0v) is 24.4. The lowest BCUT2D eigenvalue weighted by molar-refractivity contribution is -0.384. The summed E-state index contributed by atoms with van der Waals surface area (Å²) < 4.78 is 24.0. The van der Waals surface area contributed by atoms with E-state index >= 15 is 0 Å². The number of rotatable bonds is 8. The van der Waals surface area contributed by atoms with E-state index in [1.165, 1.54) is 37.0 Å². The van der Waals surface area contributed by atoms with Crippen LogP contribution in [0.15, 0.2) is 74.0 Å². The number of nitro groups is 1. The Labute approximate surface area is 247 Å². The van der Waals surface area contributed by atoms with Gasteiger partial charge in [0.05, 0.1) is 46.6 Å². The number of allylic oxidation sites excluding steroid dienone is 1. The van der Waals surface area contributed by atoms with E-state index in [9.17, 15) is 19.7 Å². The van der Waals surface area contributed by atoms with Gasteiger partial charge >= 0.3 is 5.97 Å². The molecule has 0 bridgehead atoms. The van der Waals surface area contributed by atoms with Crippen LogP contribution < -0.4 is 24.4 Å². The van der Waals surface area contributed by atoms with Crippen molar-refractivity contribution in [3.63, 3.8) is 0 Å². The topological polar surface area (TPSA) is 135 Å². The summed E-state index contributed by atoms with van der Waals surface area (Å²) >= 11 is 7.49. The zero-order valence-electron chi connectivity index (χ0n) is 22.9. The number of non-ortho nitro benzene ring substituents is 1. The van der Waals surface area contributed by atoms with Crippen LogP contribution in [0.2, 0.25) is 5.02 Å². The summed E-state index contributed by atoms with van der Waals surface area (Å²) in [6, 6.07) is 11.4. The number of nitro benzene ring substituents is 1. The maximum Gasteiger partial charge on any atom is 0.338 e. The maximum atomic E-state index is 13.9. The molecule has 4 aromatic rings. The van der Waals surface area contributed by atoms with Gasteiger partial charge in [0.1, 0.15) is 29.1 Å². The average molecular weight is 610 g/mol. The van der Waals surface area contributed by atoms with Crippen LogP contribution in [0, 0.1) is 10.1 Å². The molecule has 0 saturated carbocycles. The second kappa shape index (κ2) is 11.7. The van der Waals surface area contributed by atoms with Crippen LogP contribution in [0.25, 0.3) is 17.4 Å². The van der Waals surface area contributed by atoms with Gasteiger partial charge < -0.3 is 18.6 Å². The Morgan fingerprint density at radius 2 is 1.98 bits per heavy atom. The summed E-state index contributed by atoms with van der Waals surface area (Å²) in [5.74, 6) is 0.900. The predicted octanol–water partition coefficient (Wildman–Crippen LogP) is 4.64. The SMILES string of the molecule is CCOC(=O)C1=C(C)N=c2s/c(=C\c3cc(OC)ccc3OC)c(=O)n2[C@@H]1c1ccc(-c2cc([N+](=O)[O-])ccc2Cl)o1. The fourth-order valence-electron chi connectivity index (χ4n) is 4.61. The lowest BCUT2D eigenvalue weighted by atomic mass is 10.0. The smallest absolute Gasteiger partial charge is 0.338 e. The average Bonchev–Trinajstić information content (AvgIpc) is 3.57. The quantitative estimate of drug-likeness (QED) is 0.160. The molecule has 5 rings (SSSR count). The van der Waals surface area contributed by atoms with Crippen molar-refractivity contribution in [2.24, 2.45) is 4.99 Å². The van der Waals surface area contributed by atoms with Gasteiger partial charge in [-0.2, -0.15) is 0 Å². The molecule has 13 heteroatoms. The summed E-state index contributed by atoms with van der Waals surface area (Å²) in [7, 11) is 3.06. The van der Waals surface area contributed by atoms with Crippen LogP contribution in [0.4, 0.5) is 5.69 Å².